The van der Waals surface area contributed by atoms with Crippen LogP contribution in [0, 0.1) is 4.91 Å². The molecule has 0 aliphatic heterocycles. The van der Waals surface area contributed by atoms with Gasteiger partial charge in [-0.15, -0.1) is 4.91 Å². The van der Waals surface area contributed by atoms with Crippen molar-refractivity contribution in [2.75, 3.05) is 0 Å². The highest BCUT2D eigenvalue weighted by atomic mass is 32.2. The van der Waals surface area contributed by atoms with Gasteiger partial charge in [0.1, 0.15) is 0 Å². The van der Waals surface area contributed by atoms with Crippen LogP contribution in [0.4, 0.5) is 0 Å². The van der Waals surface area contributed by atoms with Crippen molar-refractivity contribution in [2.45, 2.75) is 10.1 Å². The van der Waals surface area contributed by atoms with Crippen molar-refractivity contribution < 1.29 is 9.63 Å². The lowest BCUT2D eigenvalue weighted by Gasteiger charge is -2.03. The standard InChI is InChI=1S/C10H6N4O3S/c15-9(17-14-16)7-2-5-11-6-8(7)18-10-12-3-1-4-13-10/h1-6H. The van der Waals surface area contributed by atoms with Gasteiger partial charge in [-0.2, -0.15) is 0 Å². The minimum absolute atomic E-state index is 0.182. The molecule has 0 fully saturated rings. The van der Waals surface area contributed by atoms with Gasteiger partial charge >= 0.3 is 5.97 Å². The third kappa shape index (κ3) is 2.86. The number of carbonyl (C=O) groups is 1. The van der Waals surface area contributed by atoms with Crippen molar-refractivity contribution in [3.8, 4) is 0 Å². The number of aromatic nitrogens is 3. The lowest BCUT2D eigenvalue weighted by atomic mass is 10.3. The van der Waals surface area contributed by atoms with Gasteiger partial charge in [0.25, 0.3) is 0 Å². The quantitative estimate of drug-likeness (QED) is 0.471. The number of pyridine rings is 1. The normalized spacial score (nSPS) is 9.78. The molecular weight excluding hydrogens is 256 g/mol. The number of nitrogens with zero attached hydrogens (tertiary/aromatic N) is 4. The number of hydrogen-bond donors (Lipinski definition) is 0. The summed E-state index contributed by atoms with van der Waals surface area (Å²) in [6, 6.07) is 3.11. The van der Waals surface area contributed by atoms with Crippen LogP contribution in [0.15, 0.2) is 52.3 Å². The van der Waals surface area contributed by atoms with Crippen LogP contribution in [-0.4, -0.2) is 20.9 Å². The first kappa shape index (κ1) is 12.1. The third-order valence-corrected chi connectivity index (χ3v) is 2.81. The summed E-state index contributed by atoms with van der Waals surface area (Å²) in [7, 11) is 0. The van der Waals surface area contributed by atoms with E-state index >= 15 is 0 Å². The Labute approximate surface area is 106 Å². The molecule has 0 spiro atoms. The Hall–Kier alpha value is -2.35. The van der Waals surface area contributed by atoms with Gasteiger partial charge in [0.2, 0.25) is 0 Å². The maximum atomic E-state index is 11.5. The first-order valence-electron chi connectivity index (χ1n) is 4.74. The van der Waals surface area contributed by atoms with Crippen LogP contribution in [0.2, 0.25) is 0 Å². The first-order chi connectivity index (χ1) is 8.81. The van der Waals surface area contributed by atoms with E-state index in [2.05, 4.69) is 25.1 Å². The smallest absolute Gasteiger partial charge is 0.279 e. The average Bonchev–Trinajstić information content (AvgIpc) is 2.41. The Balaban J connectivity index is 2.28. The summed E-state index contributed by atoms with van der Waals surface area (Å²) in [6.45, 7) is 0. The van der Waals surface area contributed by atoms with Crippen LogP contribution in [0.3, 0.4) is 0 Å². The fourth-order valence-corrected chi connectivity index (χ4v) is 1.95. The molecule has 0 atom stereocenters. The topological polar surface area (TPSA) is 94.4 Å². The van der Waals surface area contributed by atoms with Gasteiger partial charge in [0, 0.05) is 29.7 Å². The average molecular weight is 262 g/mol. The van der Waals surface area contributed by atoms with E-state index in [0.717, 1.165) is 11.8 Å². The second-order valence-corrected chi connectivity index (χ2v) is 3.97. The molecule has 18 heavy (non-hydrogen) atoms. The predicted molar refractivity (Wildman–Crippen MR) is 61.6 cm³/mol. The van der Waals surface area contributed by atoms with E-state index in [-0.39, 0.29) is 5.56 Å². The molecular formula is C10H6N4O3S. The Bertz CT molecular complexity index is 564. The lowest BCUT2D eigenvalue weighted by molar-refractivity contribution is 0.0504. The zero-order chi connectivity index (χ0) is 12.8. The summed E-state index contributed by atoms with van der Waals surface area (Å²) in [6.07, 6.45) is 6.03. The van der Waals surface area contributed by atoms with Crippen molar-refractivity contribution in [3.05, 3.63) is 47.4 Å². The molecule has 7 nitrogen and oxygen atoms in total. The van der Waals surface area contributed by atoms with Crippen LogP contribution in [0.25, 0.3) is 0 Å². The van der Waals surface area contributed by atoms with Crippen molar-refractivity contribution in [1.29, 1.82) is 0 Å². The van der Waals surface area contributed by atoms with E-state index in [9.17, 15) is 9.70 Å². The van der Waals surface area contributed by atoms with Crippen molar-refractivity contribution in [1.82, 2.24) is 15.0 Å². The summed E-state index contributed by atoms with van der Waals surface area (Å²) in [5.74, 6) is -0.842. The van der Waals surface area contributed by atoms with Crippen molar-refractivity contribution >= 4 is 17.7 Å². The van der Waals surface area contributed by atoms with Gasteiger partial charge in [-0.25, -0.2) is 14.8 Å². The van der Waals surface area contributed by atoms with Crippen LogP contribution >= 0.6 is 11.8 Å². The maximum absolute atomic E-state index is 11.5. The highest BCUT2D eigenvalue weighted by Crippen LogP contribution is 2.27. The van der Waals surface area contributed by atoms with Gasteiger partial charge in [0.15, 0.2) is 10.5 Å². The summed E-state index contributed by atoms with van der Waals surface area (Å²) in [4.78, 5) is 37.8. The fraction of sp³-hybridized carbons (Fsp3) is 0. The van der Waals surface area contributed by atoms with Gasteiger partial charge < -0.3 is 0 Å². The molecule has 2 heterocycles. The highest BCUT2D eigenvalue weighted by Gasteiger charge is 2.15. The molecule has 2 rings (SSSR count). The maximum Gasteiger partial charge on any atom is 0.370 e. The largest absolute Gasteiger partial charge is 0.370 e. The Morgan fingerprint density at radius 2 is 2.06 bits per heavy atom. The van der Waals surface area contributed by atoms with Crippen LogP contribution in [0.1, 0.15) is 10.4 Å². The van der Waals surface area contributed by atoms with E-state index < -0.39 is 5.97 Å². The van der Waals surface area contributed by atoms with Gasteiger partial charge in [-0.05, 0) is 23.9 Å². The summed E-state index contributed by atoms with van der Waals surface area (Å²) in [5, 5.41) is 2.56. The molecule has 8 heteroatoms. The molecule has 0 aromatic carbocycles. The minimum atomic E-state index is -0.842. The Morgan fingerprint density at radius 1 is 1.28 bits per heavy atom. The number of hydrogen-bond acceptors (Lipinski definition) is 8. The molecule has 0 N–H and O–H groups in total. The Kier molecular flexibility index (Phi) is 3.92. The molecule has 2 aromatic rings. The van der Waals surface area contributed by atoms with Crippen LogP contribution < -0.4 is 0 Å². The van der Waals surface area contributed by atoms with E-state index in [1.54, 1.807) is 18.5 Å². The molecule has 0 saturated heterocycles. The molecule has 0 aliphatic carbocycles. The Morgan fingerprint density at radius 3 is 2.78 bits per heavy atom. The van der Waals surface area contributed by atoms with E-state index in [0.29, 0.717) is 10.1 Å². The number of carbonyl (C=O) groups excluding carboxylic acids is 1. The lowest BCUT2D eigenvalue weighted by Crippen LogP contribution is -2.02. The highest BCUT2D eigenvalue weighted by molar-refractivity contribution is 7.99. The zero-order valence-electron chi connectivity index (χ0n) is 8.89. The van der Waals surface area contributed by atoms with Gasteiger partial charge in [-0.1, -0.05) is 0 Å². The zero-order valence-corrected chi connectivity index (χ0v) is 9.70. The third-order valence-electron chi connectivity index (χ3n) is 1.87. The molecule has 90 valence electrons. The minimum Gasteiger partial charge on any atom is -0.279 e. The van der Waals surface area contributed by atoms with Crippen LogP contribution in [0.5, 0.6) is 0 Å². The predicted octanol–water partition coefficient (Wildman–Crippen LogP) is 1.86. The van der Waals surface area contributed by atoms with Gasteiger partial charge in [-0.3, -0.25) is 9.82 Å². The molecule has 0 saturated carbocycles. The summed E-state index contributed by atoms with van der Waals surface area (Å²) in [5.41, 5.74) is 0.182. The molecule has 0 amide bonds. The SMILES string of the molecule is O=NOC(=O)c1ccncc1Sc1ncccn1. The molecule has 0 bridgehead atoms. The monoisotopic (exact) mass is 262 g/mol. The molecule has 0 aliphatic rings. The molecule has 2 aromatic heterocycles. The summed E-state index contributed by atoms with van der Waals surface area (Å²) >= 11 is 1.14. The summed E-state index contributed by atoms with van der Waals surface area (Å²) < 4.78 is 0. The van der Waals surface area contributed by atoms with E-state index in [4.69, 9.17) is 0 Å². The van der Waals surface area contributed by atoms with Gasteiger partial charge in [0.05, 0.1) is 5.56 Å². The van der Waals surface area contributed by atoms with Crippen molar-refractivity contribution in [3.63, 3.8) is 0 Å². The van der Waals surface area contributed by atoms with E-state index in [1.165, 1.54) is 18.5 Å². The van der Waals surface area contributed by atoms with Crippen LogP contribution in [-0.2, 0) is 4.84 Å². The molecule has 0 unspecified atom stereocenters. The first-order valence-corrected chi connectivity index (χ1v) is 5.56. The second-order valence-electron chi connectivity index (χ2n) is 2.96. The molecule has 0 radical (unpaired) electrons. The van der Waals surface area contributed by atoms with Crippen molar-refractivity contribution in [2.24, 2.45) is 5.34 Å². The fourth-order valence-electron chi connectivity index (χ4n) is 1.15. The second kappa shape index (κ2) is 5.82. The number of rotatable bonds is 4. The van der Waals surface area contributed by atoms with E-state index in [1.807, 2.05) is 0 Å².